The summed E-state index contributed by atoms with van der Waals surface area (Å²) in [6.45, 7) is 17.3. The van der Waals surface area contributed by atoms with E-state index in [0.717, 1.165) is 5.56 Å². The molecule has 6 N–H and O–H groups in total. The number of nitrogens with one attached hydrogen (secondary N) is 1. The normalized spacial score (nSPS) is 39.7. The lowest BCUT2D eigenvalue weighted by Crippen LogP contribution is -2.59. The van der Waals surface area contributed by atoms with E-state index in [0.29, 0.717) is 39.0 Å². The van der Waals surface area contributed by atoms with E-state index in [1.807, 2.05) is 56.0 Å². The van der Waals surface area contributed by atoms with Crippen LogP contribution in [0.15, 0.2) is 30.3 Å². The summed E-state index contributed by atoms with van der Waals surface area (Å²) in [5.74, 6) is -3.00. The zero-order valence-electron chi connectivity index (χ0n) is 33.6. The first-order valence-electron chi connectivity index (χ1n) is 19.5. The molecule has 1 aromatic rings. The SMILES string of the molecule is CC[C@H]1OC(=O)[C@H](C)[C@@H](O)[C@H](C)[C@@H](O[C@H]2O[C@@H](C)C[C@@H](C)[C@@H]2O)[C@](C)(O)C[C@@H](C)CN(CCCN(C)C(=O)NCc2ccccc2)[C@H](C)[C@@H](O)[C@]1(C)O. The molecule has 2 fully saturated rings. The number of aliphatic hydroxyl groups excluding tert-OH is 3. The Morgan fingerprint density at radius 3 is 2.30 bits per heavy atom. The minimum Gasteiger partial charge on any atom is -0.459 e. The van der Waals surface area contributed by atoms with E-state index < -0.39 is 71.9 Å². The molecular formula is C40H69N3O10. The van der Waals surface area contributed by atoms with E-state index in [-0.39, 0.29) is 36.8 Å². The molecule has 2 aliphatic rings. The van der Waals surface area contributed by atoms with Gasteiger partial charge < -0.3 is 50.0 Å². The Kier molecular flexibility index (Phi) is 16.6. The Bertz CT molecular complexity index is 1280. The zero-order chi connectivity index (χ0) is 39.8. The Labute approximate surface area is 317 Å². The van der Waals surface area contributed by atoms with Gasteiger partial charge in [-0.3, -0.25) is 9.69 Å². The minimum atomic E-state index is -1.85. The highest BCUT2D eigenvalue weighted by Crippen LogP contribution is 2.37. The Morgan fingerprint density at radius 2 is 1.68 bits per heavy atom. The number of esters is 1. The average Bonchev–Trinajstić information content (AvgIpc) is 3.10. The van der Waals surface area contributed by atoms with Crippen LogP contribution in [-0.4, -0.2) is 134 Å². The number of carbonyl (C=O) groups excluding carboxylic acids is 2. The highest BCUT2D eigenvalue weighted by atomic mass is 16.7. The molecule has 53 heavy (non-hydrogen) atoms. The van der Waals surface area contributed by atoms with Crippen LogP contribution in [0, 0.1) is 23.7 Å². The second-order valence-corrected chi connectivity index (χ2v) is 16.5. The van der Waals surface area contributed by atoms with Crippen LogP contribution in [0.4, 0.5) is 4.79 Å². The van der Waals surface area contributed by atoms with Gasteiger partial charge >= 0.3 is 12.0 Å². The monoisotopic (exact) mass is 751 g/mol. The summed E-state index contributed by atoms with van der Waals surface area (Å²) in [5, 5.41) is 61.3. The molecule has 0 saturated carbocycles. The van der Waals surface area contributed by atoms with Crippen molar-refractivity contribution in [2.24, 2.45) is 23.7 Å². The summed E-state index contributed by atoms with van der Waals surface area (Å²) < 4.78 is 18.3. The molecule has 2 saturated heterocycles. The highest BCUT2D eigenvalue weighted by molar-refractivity contribution is 5.74. The highest BCUT2D eigenvalue weighted by Gasteiger charge is 2.49. The average molecular weight is 752 g/mol. The van der Waals surface area contributed by atoms with Gasteiger partial charge in [-0.15, -0.1) is 0 Å². The molecule has 13 nitrogen and oxygen atoms in total. The molecule has 304 valence electrons. The van der Waals surface area contributed by atoms with E-state index in [9.17, 15) is 35.1 Å². The fraction of sp³-hybridized carbons (Fsp3) is 0.800. The van der Waals surface area contributed by atoms with Gasteiger partial charge in [0.15, 0.2) is 6.29 Å². The lowest BCUT2D eigenvalue weighted by molar-refractivity contribution is -0.298. The van der Waals surface area contributed by atoms with Gasteiger partial charge in [-0.25, -0.2) is 4.79 Å². The number of hydrogen-bond acceptors (Lipinski definition) is 11. The van der Waals surface area contributed by atoms with Crippen LogP contribution < -0.4 is 5.32 Å². The maximum atomic E-state index is 13.6. The number of hydrogen-bond donors (Lipinski definition) is 6. The summed E-state index contributed by atoms with van der Waals surface area (Å²) in [7, 11) is 1.72. The van der Waals surface area contributed by atoms with Crippen molar-refractivity contribution in [3.05, 3.63) is 35.9 Å². The number of carbonyl (C=O) groups is 2. The molecule has 0 spiro atoms. The quantitative estimate of drug-likeness (QED) is 0.204. The van der Waals surface area contributed by atoms with Gasteiger partial charge in [0, 0.05) is 45.2 Å². The molecule has 0 unspecified atom stereocenters. The Balaban J connectivity index is 1.90. The summed E-state index contributed by atoms with van der Waals surface area (Å²) >= 11 is 0. The summed E-state index contributed by atoms with van der Waals surface area (Å²) in [5.41, 5.74) is -2.43. The maximum Gasteiger partial charge on any atom is 0.317 e. The minimum absolute atomic E-state index is 0.127. The second-order valence-electron chi connectivity index (χ2n) is 16.5. The number of benzene rings is 1. The number of amides is 2. The third-order valence-electron chi connectivity index (χ3n) is 11.5. The van der Waals surface area contributed by atoms with Crippen LogP contribution in [0.2, 0.25) is 0 Å². The third-order valence-corrected chi connectivity index (χ3v) is 11.5. The van der Waals surface area contributed by atoms with Crippen LogP contribution >= 0.6 is 0 Å². The van der Waals surface area contributed by atoms with Crippen LogP contribution in [0.3, 0.4) is 0 Å². The number of aliphatic hydroxyl groups is 5. The van der Waals surface area contributed by atoms with Crippen molar-refractivity contribution in [3.63, 3.8) is 0 Å². The molecule has 0 aliphatic carbocycles. The van der Waals surface area contributed by atoms with E-state index in [1.54, 1.807) is 39.6 Å². The number of rotatable bonds is 9. The van der Waals surface area contributed by atoms with Crippen LogP contribution in [-0.2, 0) is 25.5 Å². The number of nitrogens with zero attached hydrogens (tertiary/aromatic N) is 2. The van der Waals surface area contributed by atoms with E-state index in [1.165, 1.54) is 13.8 Å². The Hall–Kier alpha value is -2.36. The third kappa shape index (κ3) is 11.8. The van der Waals surface area contributed by atoms with Crippen molar-refractivity contribution < 1.29 is 49.3 Å². The maximum absolute atomic E-state index is 13.6. The van der Waals surface area contributed by atoms with Crippen molar-refractivity contribution in [1.82, 2.24) is 15.1 Å². The molecule has 0 aromatic heterocycles. The van der Waals surface area contributed by atoms with Crippen molar-refractivity contribution >= 4 is 12.0 Å². The first-order valence-corrected chi connectivity index (χ1v) is 19.5. The van der Waals surface area contributed by atoms with Crippen molar-refractivity contribution in [1.29, 1.82) is 0 Å². The zero-order valence-corrected chi connectivity index (χ0v) is 33.6. The molecule has 2 amide bonds. The van der Waals surface area contributed by atoms with Crippen LogP contribution in [0.1, 0.15) is 93.6 Å². The van der Waals surface area contributed by atoms with Gasteiger partial charge in [0.1, 0.15) is 23.9 Å². The van der Waals surface area contributed by atoms with Gasteiger partial charge in [-0.2, -0.15) is 0 Å². The number of cyclic esters (lactones) is 1. The van der Waals surface area contributed by atoms with Crippen LogP contribution in [0.5, 0.6) is 0 Å². The molecule has 2 heterocycles. The molecule has 1 aromatic carbocycles. The molecule has 3 rings (SSSR count). The fourth-order valence-electron chi connectivity index (χ4n) is 8.17. The first kappa shape index (κ1) is 45.0. The van der Waals surface area contributed by atoms with Crippen molar-refractivity contribution in [3.8, 4) is 0 Å². The predicted octanol–water partition coefficient (Wildman–Crippen LogP) is 3.28. The summed E-state index contributed by atoms with van der Waals surface area (Å²) in [6, 6.07) is 8.80. The van der Waals surface area contributed by atoms with Gasteiger partial charge in [-0.05, 0) is 77.7 Å². The molecule has 14 atom stereocenters. The summed E-state index contributed by atoms with van der Waals surface area (Å²) in [4.78, 5) is 30.1. The largest absolute Gasteiger partial charge is 0.459 e. The van der Waals surface area contributed by atoms with E-state index in [4.69, 9.17) is 14.2 Å². The van der Waals surface area contributed by atoms with Gasteiger partial charge in [0.25, 0.3) is 0 Å². The predicted molar refractivity (Wildman–Crippen MR) is 201 cm³/mol. The molecule has 0 radical (unpaired) electrons. The Morgan fingerprint density at radius 1 is 1.04 bits per heavy atom. The molecular weight excluding hydrogens is 682 g/mol. The number of ether oxygens (including phenoxy) is 3. The van der Waals surface area contributed by atoms with Gasteiger partial charge in [0.2, 0.25) is 0 Å². The van der Waals surface area contributed by atoms with Crippen molar-refractivity contribution in [2.45, 2.75) is 155 Å². The van der Waals surface area contributed by atoms with E-state index in [2.05, 4.69) is 5.32 Å². The van der Waals surface area contributed by atoms with Gasteiger partial charge in [-0.1, -0.05) is 58.0 Å². The molecule has 0 bridgehead atoms. The topological polar surface area (TPSA) is 181 Å². The second kappa shape index (κ2) is 19.5. The van der Waals surface area contributed by atoms with Crippen molar-refractivity contribution in [2.75, 3.05) is 26.7 Å². The van der Waals surface area contributed by atoms with E-state index >= 15 is 0 Å². The fourth-order valence-corrected chi connectivity index (χ4v) is 8.17. The first-order chi connectivity index (χ1) is 24.7. The summed E-state index contributed by atoms with van der Waals surface area (Å²) in [6.07, 6.45) is -5.50. The van der Waals surface area contributed by atoms with Gasteiger partial charge in [0.05, 0.1) is 29.8 Å². The molecule has 13 heteroatoms. The standard InChI is InChI=1S/C40H69N3O10/c1-11-31-40(9,50)34(46)29(7)43(19-15-18-42(10)38(48)41-22-30-16-13-12-14-17-30)23-24(2)21-39(8,49)35(27(5)33(45)28(6)36(47)52-31)53-37-32(44)25(3)20-26(4)51-37/h12-14,16-17,24-29,31-35,37,44-46,49-50H,11,15,18-23H2,1-10H3,(H,41,48)/t24-,25-,26+,27+,28-,29-,31-,32+,33+,34-,35-,37-,39-,40-/m1/s1. The lowest BCUT2D eigenvalue weighted by atomic mass is 9.78. The van der Waals surface area contributed by atoms with Crippen LogP contribution in [0.25, 0.3) is 0 Å². The lowest BCUT2D eigenvalue weighted by Gasteiger charge is -2.45. The smallest absolute Gasteiger partial charge is 0.317 e. The number of urea groups is 1. The molecule has 2 aliphatic heterocycles.